The molecular weight excluding hydrogens is 574 g/mol. The van der Waals surface area contributed by atoms with Crippen molar-refractivity contribution in [3.63, 3.8) is 0 Å². The largest absolute Gasteiger partial charge is 0.383 e. The number of aromatic amines is 1. The number of hydrogen-bond acceptors (Lipinski definition) is 11. The topological polar surface area (TPSA) is 171 Å². The molecule has 4 saturated heterocycles. The van der Waals surface area contributed by atoms with E-state index in [1.807, 2.05) is 13.8 Å². The Morgan fingerprint density at radius 3 is 1.93 bits per heavy atom. The number of rotatable bonds is 8. The molecule has 2 unspecified atom stereocenters. The maximum atomic E-state index is 12.1. The first-order chi connectivity index (χ1) is 21.0. The molecule has 0 aromatic carbocycles. The van der Waals surface area contributed by atoms with Crippen molar-refractivity contribution < 1.29 is 28.4 Å². The number of aromatic nitrogens is 4. The number of nitrogen functional groups attached to an aromatic ring is 1. The van der Waals surface area contributed by atoms with Gasteiger partial charge in [-0.05, 0) is 26.7 Å². The summed E-state index contributed by atoms with van der Waals surface area (Å²) in [6.07, 6.45) is 12.3. The van der Waals surface area contributed by atoms with Crippen LogP contribution in [0.4, 0.5) is 5.82 Å². The molecule has 0 spiro atoms. The summed E-state index contributed by atoms with van der Waals surface area (Å²) in [5.41, 5.74) is 4.20. The van der Waals surface area contributed by atoms with E-state index in [1.165, 1.54) is 15.3 Å². The van der Waals surface area contributed by atoms with Crippen LogP contribution in [-0.2, 0) is 28.4 Å². The molecule has 0 aliphatic carbocycles. The minimum atomic E-state index is -0.639. The average molecular weight is 612 g/mol. The van der Waals surface area contributed by atoms with Gasteiger partial charge in [0.1, 0.15) is 54.6 Å². The SMILES string of the molecule is C#CCOC1[C@@H]2OC[C@]1(CC)O[C@H]2n1cc(C)c(=O)[nH]c1=O.C#CCOC1[C@@H]2OC[C@]1(CC)O[C@H]2n1cc(C)c(N)nc1=O. The number of ether oxygens (including phenoxy) is 6. The Labute approximate surface area is 253 Å². The molecule has 4 fully saturated rings. The minimum absolute atomic E-state index is 0.155. The van der Waals surface area contributed by atoms with Gasteiger partial charge in [-0.1, -0.05) is 25.7 Å². The maximum absolute atomic E-state index is 12.1. The summed E-state index contributed by atoms with van der Waals surface area (Å²) in [7, 11) is 0. The molecule has 4 bridgehead atoms. The van der Waals surface area contributed by atoms with Gasteiger partial charge in [0, 0.05) is 23.5 Å². The van der Waals surface area contributed by atoms with Crippen LogP contribution in [0.2, 0.25) is 0 Å². The van der Waals surface area contributed by atoms with Gasteiger partial charge in [0.2, 0.25) is 0 Å². The molecule has 14 heteroatoms. The van der Waals surface area contributed by atoms with Crippen LogP contribution in [-0.4, -0.2) is 81.1 Å². The highest BCUT2D eigenvalue weighted by molar-refractivity contribution is 5.35. The van der Waals surface area contributed by atoms with Crippen LogP contribution in [0.5, 0.6) is 0 Å². The Bertz CT molecular complexity index is 1650. The lowest BCUT2D eigenvalue weighted by atomic mass is 9.96. The second-order valence-corrected chi connectivity index (χ2v) is 11.3. The molecule has 8 atom stereocenters. The summed E-state index contributed by atoms with van der Waals surface area (Å²) >= 11 is 0. The molecule has 4 aliphatic heterocycles. The molecule has 3 N–H and O–H groups in total. The lowest BCUT2D eigenvalue weighted by Crippen LogP contribution is -2.42. The van der Waals surface area contributed by atoms with Crippen molar-refractivity contribution in [2.75, 3.05) is 32.2 Å². The number of nitrogens with zero attached hydrogens (tertiary/aromatic N) is 3. The molecule has 0 radical (unpaired) electrons. The van der Waals surface area contributed by atoms with E-state index in [2.05, 4.69) is 21.8 Å². The molecule has 6 rings (SSSR count). The highest BCUT2D eigenvalue weighted by Crippen LogP contribution is 2.49. The summed E-state index contributed by atoms with van der Waals surface area (Å²) in [5, 5.41) is 0. The van der Waals surface area contributed by atoms with Gasteiger partial charge in [-0.3, -0.25) is 18.9 Å². The van der Waals surface area contributed by atoms with E-state index in [0.717, 1.165) is 0 Å². The number of anilines is 1. The smallest absolute Gasteiger partial charge is 0.351 e. The number of terminal acetylenes is 2. The Balaban J connectivity index is 0.000000175. The summed E-state index contributed by atoms with van der Waals surface area (Å²) in [5.74, 6) is 5.11. The first kappa shape index (κ1) is 31.7. The van der Waals surface area contributed by atoms with Gasteiger partial charge in [0.25, 0.3) is 5.56 Å². The number of aryl methyl sites for hydroxylation is 2. The number of H-pyrrole nitrogens is 1. The predicted octanol–water partition coefficient (Wildman–Crippen LogP) is 0.169. The van der Waals surface area contributed by atoms with Gasteiger partial charge in [0.05, 0.1) is 13.2 Å². The van der Waals surface area contributed by atoms with Crippen molar-refractivity contribution >= 4 is 5.82 Å². The van der Waals surface area contributed by atoms with Crippen LogP contribution in [0, 0.1) is 38.5 Å². The van der Waals surface area contributed by atoms with Crippen LogP contribution in [0.1, 0.15) is 50.3 Å². The van der Waals surface area contributed by atoms with Gasteiger partial charge in [-0.2, -0.15) is 4.98 Å². The maximum Gasteiger partial charge on any atom is 0.351 e. The molecule has 6 heterocycles. The third-order valence-electron chi connectivity index (χ3n) is 8.70. The summed E-state index contributed by atoms with van der Waals surface area (Å²) < 4.78 is 38.0. The van der Waals surface area contributed by atoms with E-state index in [-0.39, 0.29) is 31.2 Å². The molecule has 4 aliphatic rings. The van der Waals surface area contributed by atoms with Crippen molar-refractivity contribution in [3.8, 4) is 24.7 Å². The lowest BCUT2D eigenvalue weighted by molar-refractivity contribution is -0.176. The molecule has 44 heavy (non-hydrogen) atoms. The average Bonchev–Trinajstić information content (AvgIpc) is 3.73. The van der Waals surface area contributed by atoms with Crippen molar-refractivity contribution in [2.45, 2.75) is 88.6 Å². The Morgan fingerprint density at radius 2 is 1.43 bits per heavy atom. The zero-order valence-corrected chi connectivity index (χ0v) is 25.1. The lowest BCUT2D eigenvalue weighted by Gasteiger charge is -2.30. The highest BCUT2D eigenvalue weighted by atomic mass is 16.7. The van der Waals surface area contributed by atoms with E-state index >= 15 is 0 Å². The van der Waals surface area contributed by atoms with E-state index in [0.29, 0.717) is 37.2 Å². The number of fused-ring (bicyclic) bond motifs is 4. The normalized spacial score (nSPS) is 33.0. The zero-order valence-electron chi connectivity index (χ0n) is 25.1. The standard InChI is InChI=1S/C15H19N3O4.C15H18N2O5/c1-4-6-20-11-10-13(22-15(11,5-2)8-21-10)18-7-9(3)12(16)17-14(18)19;1-4-6-20-11-10-13(22-15(11,5-2)8-21-10)17-7-9(3)12(18)16-14(17)19/h1,7,10-11,13H,5-6,8H2,2-3H3,(H2,16,17,19);1,7,10-11,13H,5-6,8H2,2-3H3,(H,16,18,19)/t2*10-,11?,13+,15-/m00/s1. The van der Waals surface area contributed by atoms with Crippen LogP contribution in [0.3, 0.4) is 0 Å². The molecule has 2 aromatic heterocycles. The number of nitrogens with two attached hydrogens (primary N) is 1. The zero-order chi connectivity index (χ0) is 31.8. The second kappa shape index (κ2) is 12.3. The van der Waals surface area contributed by atoms with Crippen molar-refractivity contribution in [1.29, 1.82) is 0 Å². The molecule has 14 nitrogen and oxygen atoms in total. The monoisotopic (exact) mass is 611 g/mol. The minimum Gasteiger partial charge on any atom is -0.383 e. The fourth-order valence-corrected chi connectivity index (χ4v) is 6.20. The molecular formula is C30H37N5O9. The van der Waals surface area contributed by atoms with Gasteiger partial charge in [0.15, 0.2) is 12.5 Å². The third-order valence-corrected chi connectivity index (χ3v) is 8.70. The van der Waals surface area contributed by atoms with E-state index < -0.39 is 52.8 Å². The predicted molar refractivity (Wildman–Crippen MR) is 157 cm³/mol. The van der Waals surface area contributed by atoms with Crippen molar-refractivity contribution in [2.24, 2.45) is 0 Å². The summed E-state index contributed by atoms with van der Waals surface area (Å²) in [6.45, 7) is 8.54. The summed E-state index contributed by atoms with van der Waals surface area (Å²) in [6, 6.07) is 0. The van der Waals surface area contributed by atoms with Crippen molar-refractivity contribution in [1.82, 2.24) is 19.1 Å². The molecule has 2 aromatic rings. The first-order valence-corrected chi connectivity index (χ1v) is 14.4. The van der Waals surface area contributed by atoms with E-state index in [9.17, 15) is 14.4 Å². The fourth-order valence-electron chi connectivity index (χ4n) is 6.20. The van der Waals surface area contributed by atoms with Gasteiger partial charge in [-0.15, -0.1) is 12.8 Å². The quantitative estimate of drug-likeness (QED) is 0.390. The van der Waals surface area contributed by atoms with Crippen LogP contribution >= 0.6 is 0 Å². The summed E-state index contributed by atoms with van der Waals surface area (Å²) in [4.78, 5) is 41.8. The second-order valence-electron chi connectivity index (χ2n) is 11.3. The molecule has 0 amide bonds. The fraction of sp³-hybridized carbons (Fsp3) is 0.600. The van der Waals surface area contributed by atoms with Crippen LogP contribution < -0.4 is 22.7 Å². The molecule has 236 valence electrons. The Hall–Kier alpha value is -3.76. The van der Waals surface area contributed by atoms with Gasteiger partial charge in [-0.25, -0.2) is 9.59 Å². The van der Waals surface area contributed by atoms with Crippen molar-refractivity contribution in [3.05, 3.63) is 54.8 Å². The van der Waals surface area contributed by atoms with Crippen LogP contribution in [0.15, 0.2) is 26.8 Å². The highest BCUT2D eigenvalue weighted by Gasteiger charge is 2.63. The van der Waals surface area contributed by atoms with Gasteiger partial charge < -0.3 is 34.2 Å². The van der Waals surface area contributed by atoms with Crippen LogP contribution in [0.25, 0.3) is 0 Å². The van der Waals surface area contributed by atoms with E-state index in [4.69, 9.17) is 47.0 Å². The van der Waals surface area contributed by atoms with E-state index in [1.54, 1.807) is 20.0 Å². The Kier molecular flexibility index (Phi) is 8.87. The number of nitrogens with one attached hydrogen (secondary N) is 1. The van der Waals surface area contributed by atoms with Gasteiger partial charge >= 0.3 is 11.4 Å². The third kappa shape index (κ3) is 5.28. The number of hydrogen-bond donors (Lipinski definition) is 2. The Morgan fingerprint density at radius 1 is 0.932 bits per heavy atom. The first-order valence-electron chi connectivity index (χ1n) is 14.4. The molecule has 0 saturated carbocycles.